The van der Waals surface area contributed by atoms with Gasteiger partial charge in [0.2, 0.25) is 5.91 Å². The molecule has 1 aliphatic heterocycles. The third kappa shape index (κ3) is 2.16. The Morgan fingerprint density at radius 3 is 2.88 bits per heavy atom. The molecular weight excluding hydrogens is 336 g/mol. The minimum absolute atomic E-state index is 0.104. The van der Waals surface area contributed by atoms with E-state index in [1.54, 1.807) is 0 Å². The molecule has 0 unspecified atom stereocenters. The summed E-state index contributed by atoms with van der Waals surface area (Å²) < 4.78 is 8.67. The molecule has 2 N–H and O–H groups in total. The van der Waals surface area contributed by atoms with Gasteiger partial charge in [-0.2, -0.15) is 8.75 Å². The summed E-state index contributed by atoms with van der Waals surface area (Å²) in [4.78, 5) is 27.8. The molecular formula is C18H12N4O2S. The average Bonchev–Trinajstić information content (AvgIpc) is 3.09. The summed E-state index contributed by atoms with van der Waals surface area (Å²) in [5, 5.41) is 3.82. The van der Waals surface area contributed by atoms with Crippen LogP contribution < -0.4 is 10.9 Å². The smallest absolute Gasteiger partial charge is 0.252 e. The Hall–Kier alpha value is -3.06. The summed E-state index contributed by atoms with van der Waals surface area (Å²) in [6.45, 7) is 0. The highest BCUT2D eigenvalue weighted by molar-refractivity contribution is 7.00. The van der Waals surface area contributed by atoms with Gasteiger partial charge < -0.3 is 10.3 Å². The van der Waals surface area contributed by atoms with Gasteiger partial charge in [-0.25, -0.2) is 0 Å². The summed E-state index contributed by atoms with van der Waals surface area (Å²) in [6, 6.07) is 13.2. The van der Waals surface area contributed by atoms with Crippen LogP contribution in [0.25, 0.3) is 21.9 Å². The molecule has 6 nitrogen and oxygen atoms in total. The summed E-state index contributed by atoms with van der Waals surface area (Å²) in [7, 11) is 0. The fourth-order valence-corrected chi connectivity index (χ4v) is 4.06. The second-order valence-corrected chi connectivity index (χ2v) is 6.63. The van der Waals surface area contributed by atoms with E-state index in [9.17, 15) is 9.59 Å². The summed E-state index contributed by atoms with van der Waals surface area (Å²) in [5.41, 5.74) is 4.29. The second-order valence-electron chi connectivity index (χ2n) is 6.10. The molecule has 1 amide bonds. The minimum atomic E-state index is -0.343. The fourth-order valence-electron chi connectivity index (χ4n) is 3.51. The van der Waals surface area contributed by atoms with Gasteiger partial charge in [-0.15, -0.1) is 0 Å². The topological polar surface area (TPSA) is 87.7 Å². The summed E-state index contributed by atoms with van der Waals surface area (Å²) in [6.07, 6.45) is 0.213. The van der Waals surface area contributed by atoms with Gasteiger partial charge >= 0.3 is 0 Å². The standard InChI is InChI=1S/C18H12N4O2S/c23-15-8-10(11-7-9-3-1-2-4-12(9)20-18(11)24)16-13(19-15)5-6-14-17(16)22-25-21-14/h1-7,10H,8H2,(H,19,23)(H,20,24)/t10-/m1/s1. The van der Waals surface area contributed by atoms with Crippen molar-refractivity contribution in [2.75, 3.05) is 5.32 Å². The lowest BCUT2D eigenvalue weighted by Crippen LogP contribution is -2.27. The van der Waals surface area contributed by atoms with E-state index in [2.05, 4.69) is 19.0 Å². The summed E-state index contributed by atoms with van der Waals surface area (Å²) in [5.74, 6) is -0.447. The molecule has 0 saturated heterocycles. The largest absolute Gasteiger partial charge is 0.326 e. The van der Waals surface area contributed by atoms with E-state index < -0.39 is 0 Å². The first-order chi connectivity index (χ1) is 12.2. The highest BCUT2D eigenvalue weighted by Crippen LogP contribution is 2.40. The van der Waals surface area contributed by atoms with Crippen molar-refractivity contribution in [3.05, 3.63) is 63.9 Å². The van der Waals surface area contributed by atoms with Crippen LogP contribution in [0.1, 0.15) is 23.5 Å². The molecule has 0 spiro atoms. The van der Waals surface area contributed by atoms with Crippen molar-refractivity contribution in [2.24, 2.45) is 0 Å². The zero-order valence-corrected chi connectivity index (χ0v) is 13.8. The lowest BCUT2D eigenvalue weighted by atomic mass is 9.84. The van der Waals surface area contributed by atoms with Crippen LogP contribution in [0.15, 0.2) is 47.3 Å². The number of benzene rings is 2. The molecule has 0 radical (unpaired) electrons. The van der Waals surface area contributed by atoms with E-state index in [0.717, 1.165) is 39.2 Å². The quantitative estimate of drug-likeness (QED) is 0.553. The maximum absolute atomic E-state index is 12.7. The van der Waals surface area contributed by atoms with Crippen LogP contribution in [0.3, 0.4) is 0 Å². The van der Waals surface area contributed by atoms with Crippen LogP contribution in [0.4, 0.5) is 5.69 Å². The number of hydrogen-bond donors (Lipinski definition) is 2. The van der Waals surface area contributed by atoms with E-state index in [-0.39, 0.29) is 23.8 Å². The van der Waals surface area contributed by atoms with Gasteiger partial charge in [0.1, 0.15) is 11.0 Å². The number of fused-ring (bicyclic) bond motifs is 4. The van der Waals surface area contributed by atoms with Crippen LogP contribution in [-0.4, -0.2) is 19.6 Å². The van der Waals surface area contributed by atoms with Crippen LogP contribution >= 0.6 is 11.7 Å². The molecule has 25 heavy (non-hydrogen) atoms. The van der Waals surface area contributed by atoms with Crippen molar-refractivity contribution in [2.45, 2.75) is 12.3 Å². The van der Waals surface area contributed by atoms with Crippen molar-refractivity contribution in [3.63, 3.8) is 0 Å². The first-order valence-electron chi connectivity index (χ1n) is 7.88. The molecule has 1 atom stereocenters. The van der Waals surface area contributed by atoms with Crippen LogP contribution in [-0.2, 0) is 4.79 Å². The molecule has 1 aliphatic rings. The number of rotatable bonds is 1. The Morgan fingerprint density at radius 1 is 1.08 bits per heavy atom. The van der Waals surface area contributed by atoms with Crippen molar-refractivity contribution in [1.82, 2.24) is 13.7 Å². The van der Waals surface area contributed by atoms with Gasteiger partial charge in [-0.05, 0) is 29.7 Å². The molecule has 4 aromatic rings. The van der Waals surface area contributed by atoms with Crippen molar-refractivity contribution >= 4 is 45.3 Å². The van der Waals surface area contributed by atoms with Crippen LogP contribution in [0.2, 0.25) is 0 Å². The van der Waals surface area contributed by atoms with Gasteiger partial charge in [0.15, 0.2) is 0 Å². The Labute approximate surface area is 145 Å². The number of carbonyl (C=O) groups is 1. The Bertz CT molecular complexity index is 1210. The molecule has 5 rings (SSSR count). The Balaban J connectivity index is 1.81. The number of pyridine rings is 1. The van der Waals surface area contributed by atoms with Gasteiger partial charge in [0, 0.05) is 34.7 Å². The SMILES string of the molecule is O=C1C[C@H](c2cc3ccccc3[nH]c2=O)c2c(ccc3nsnc23)N1. The predicted molar refractivity (Wildman–Crippen MR) is 97.1 cm³/mol. The lowest BCUT2D eigenvalue weighted by molar-refractivity contribution is -0.116. The van der Waals surface area contributed by atoms with Crippen LogP contribution in [0, 0.1) is 0 Å². The Kier molecular flexibility index (Phi) is 2.98. The zero-order valence-electron chi connectivity index (χ0n) is 12.9. The number of amides is 1. The number of carbonyl (C=O) groups excluding carboxylic acids is 1. The average molecular weight is 348 g/mol. The molecule has 0 aliphatic carbocycles. The van der Waals surface area contributed by atoms with Crippen LogP contribution in [0.5, 0.6) is 0 Å². The molecule has 0 saturated carbocycles. The zero-order chi connectivity index (χ0) is 17.0. The number of nitrogens with zero attached hydrogens (tertiary/aromatic N) is 2. The number of anilines is 1. The maximum Gasteiger partial charge on any atom is 0.252 e. The number of aromatic amines is 1. The van der Waals surface area contributed by atoms with E-state index in [0.29, 0.717) is 11.3 Å². The first-order valence-corrected chi connectivity index (χ1v) is 8.61. The predicted octanol–water partition coefficient (Wildman–Crippen LogP) is 3.01. The summed E-state index contributed by atoms with van der Waals surface area (Å²) >= 11 is 1.13. The van der Waals surface area contributed by atoms with E-state index in [1.807, 2.05) is 42.5 Å². The molecule has 0 bridgehead atoms. The molecule has 2 aromatic carbocycles. The Morgan fingerprint density at radius 2 is 1.96 bits per heavy atom. The van der Waals surface area contributed by atoms with Crippen molar-refractivity contribution in [3.8, 4) is 0 Å². The molecule has 0 fully saturated rings. The molecule has 3 heterocycles. The molecule has 2 aromatic heterocycles. The van der Waals surface area contributed by atoms with Gasteiger partial charge in [0.25, 0.3) is 5.56 Å². The minimum Gasteiger partial charge on any atom is -0.326 e. The van der Waals surface area contributed by atoms with Gasteiger partial charge in [0.05, 0.1) is 11.7 Å². The maximum atomic E-state index is 12.7. The third-order valence-electron chi connectivity index (χ3n) is 4.64. The number of aromatic nitrogens is 3. The fraction of sp³-hybridized carbons (Fsp3) is 0.111. The lowest BCUT2D eigenvalue weighted by Gasteiger charge is -2.25. The number of hydrogen-bond acceptors (Lipinski definition) is 5. The number of H-pyrrole nitrogens is 1. The number of para-hydroxylation sites is 1. The second kappa shape index (κ2) is 5.22. The highest BCUT2D eigenvalue weighted by atomic mass is 32.1. The molecule has 7 heteroatoms. The van der Waals surface area contributed by atoms with Crippen molar-refractivity contribution < 1.29 is 4.79 Å². The van der Waals surface area contributed by atoms with Gasteiger partial charge in [-0.3, -0.25) is 9.59 Å². The van der Waals surface area contributed by atoms with Gasteiger partial charge in [-0.1, -0.05) is 18.2 Å². The van der Waals surface area contributed by atoms with E-state index in [1.165, 1.54) is 0 Å². The normalized spacial score (nSPS) is 16.8. The van der Waals surface area contributed by atoms with E-state index in [4.69, 9.17) is 0 Å². The van der Waals surface area contributed by atoms with Crippen molar-refractivity contribution in [1.29, 1.82) is 0 Å². The first kappa shape index (κ1) is 14.3. The third-order valence-corrected chi connectivity index (χ3v) is 5.18. The molecule has 122 valence electrons. The highest BCUT2D eigenvalue weighted by Gasteiger charge is 2.31. The van der Waals surface area contributed by atoms with E-state index >= 15 is 0 Å². The monoisotopic (exact) mass is 348 g/mol. The number of nitrogens with one attached hydrogen (secondary N) is 2.